The maximum absolute atomic E-state index is 14.4. The summed E-state index contributed by atoms with van der Waals surface area (Å²) in [6.07, 6.45) is 0.316. The third kappa shape index (κ3) is 4.28. The molecule has 3 aromatic carbocycles. The number of hydrogen-bond acceptors (Lipinski definition) is 5. The SMILES string of the molecule is CNC(=O)C1Cc2cc(OC)c(OC)cc2CN1C(=O)C(c1ccccc1)N1Cc2ccccc2C1=O. The summed E-state index contributed by atoms with van der Waals surface area (Å²) in [5.74, 6) is 0.354. The molecular weight excluding hydrogens is 470 g/mol. The predicted octanol–water partition coefficient (Wildman–Crippen LogP) is 3.10. The number of hydrogen-bond donors (Lipinski definition) is 1. The van der Waals surface area contributed by atoms with Crippen LogP contribution in [0, 0.1) is 0 Å². The van der Waals surface area contributed by atoms with Crippen molar-refractivity contribution in [1.29, 1.82) is 0 Å². The highest BCUT2D eigenvalue weighted by Crippen LogP contribution is 2.38. The second-order valence-electron chi connectivity index (χ2n) is 9.18. The first-order valence-electron chi connectivity index (χ1n) is 12.2. The molecule has 8 heteroatoms. The lowest BCUT2D eigenvalue weighted by Gasteiger charge is -2.40. The number of benzene rings is 3. The Balaban J connectivity index is 1.57. The molecule has 0 saturated carbocycles. The van der Waals surface area contributed by atoms with Gasteiger partial charge in [0.1, 0.15) is 12.1 Å². The second kappa shape index (κ2) is 9.97. The predicted molar refractivity (Wildman–Crippen MR) is 137 cm³/mol. The molecule has 8 nitrogen and oxygen atoms in total. The summed E-state index contributed by atoms with van der Waals surface area (Å²) >= 11 is 0. The van der Waals surface area contributed by atoms with E-state index >= 15 is 0 Å². The van der Waals surface area contributed by atoms with E-state index in [9.17, 15) is 14.4 Å². The number of rotatable bonds is 6. The van der Waals surface area contributed by atoms with Crippen molar-refractivity contribution in [3.63, 3.8) is 0 Å². The Morgan fingerprint density at radius 1 is 0.892 bits per heavy atom. The van der Waals surface area contributed by atoms with Crippen molar-refractivity contribution >= 4 is 17.7 Å². The van der Waals surface area contributed by atoms with Crippen LogP contribution >= 0.6 is 0 Å². The van der Waals surface area contributed by atoms with Crippen LogP contribution in [0.5, 0.6) is 11.5 Å². The molecule has 0 spiro atoms. The van der Waals surface area contributed by atoms with Crippen molar-refractivity contribution in [3.8, 4) is 11.5 Å². The molecule has 1 N–H and O–H groups in total. The van der Waals surface area contributed by atoms with Gasteiger partial charge in [0.05, 0.1) is 14.2 Å². The molecule has 0 saturated heterocycles. The van der Waals surface area contributed by atoms with Gasteiger partial charge in [-0.05, 0) is 40.5 Å². The van der Waals surface area contributed by atoms with Gasteiger partial charge in [-0.3, -0.25) is 14.4 Å². The van der Waals surface area contributed by atoms with Crippen molar-refractivity contribution in [2.45, 2.75) is 31.6 Å². The van der Waals surface area contributed by atoms with E-state index in [1.165, 1.54) is 0 Å². The Morgan fingerprint density at radius 3 is 2.19 bits per heavy atom. The summed E-state index contributed by atoms with van der Waals surface area (Å²) in [5, 5.41) is 2.70. The summed E-state index contributed by atoms with van der Waals surface area (Å²) in [4.78, 5) is 44.1. The molecule has 0 bridgehead atoms. The van der Waals surface area contributed by atoms with Gasteiger partial charge in [0.2, 0.25) is 5.91 Å². The zero-order valence-corrected chi connectivity index (χ0v) is 21.1. The van der Waals surface area contributed by atoms with Crippen molar-refractivity contribution in [3.05, 3.63) is 94.5 Å². The highest BCUT2D eigenvalue weighted by molar-refractivity contribution is 6.02. The fourth-order valence-electron chi connectivity index (χ4n) is 5.28. The average Bonchev–Trinajstić information content (AvgIpc) is 3.27. The van der Waals surface area contributed by atoms with Crippen molar-refractivity contribution in [2.24, 2.45) is 0 Å². The monoisotopic (exact) mass is 499 g/mol. The van der Waals surface area contributed by atoms with Gasteiger partial charge in [0.15, 0.2) is 11.5 Å². The summed E-state index contributed by atoms with van der Waals surface area (Å²) in [7, 11) is 4.69. The van der Waals surface area contributed by atoms with Crippen LogP contribution in [-0.4, -0.2) is 54.8 Å². The van der Waals surface area contributed by atoms with Crippen LogP contribution in [0.3, 0.4) is 0 Å². The first-order valence-corrected chi connectivity index (χ1v) is 12.2. The first kappa shape index (κ1) is 24.4. The van der Waals surface area contributed by atoms with Crippen LogP contribution in [0.15, 0.2) is 66.7 Å². The van der Waals surface area contributed by atoms with Crippen LogP contribution < -0.4 is 14.8 Å². The van der Waals surface area contributed by atoms with Gasteiger partial charge in [-0.25, -0.2) is 0 Å². The van der Waals surface area contributed by atoms with E-state index in [1.54, 1.807) is 37.1 Å². The number of nitrogens with zero attached hydrogens (tertiary/aromatic N) is 2. The molecule has 3 aromatic rings. The van der Waals surface area contributed by atoms with Gasteiger partial charge in [0, 0.05) is 32.1 Å². The van der Waals surface area contributed by atoms with Crippen LogP contribution in [0.1, 0.15) is 38.7 Å². The standard InChI is InChI=1S/C29H29N3O5/c1-30-27(33)23-13-20-14-24(36-2)25(37-3)15-21(20)17-31(23)29(35)26(18-9-5-4-6-10-18)32-16-19-11-7-8-12-22(19)28(32)34/h4-12,14-15,23,26H,13,16-17H2,1-3H3,(H,30,33). The van der Waals surface area contributed by atoms with Crippen molar-refractivity contribution in [2.75, 3.05) is 21.3 Å². The summed E-state index contributed by atoms with van der Waals surface area (Å²) in [5.41, 5.74) is 3.96. The number of fused-ring (bicyclic) bond motifs is 2. The molecule has 2 aliphatic heterocycles. The van der Waals surface area contributed by atoms with E-state index in [4.69, 9.17) is 9.47 Å². The second-order valence-corrected chi connectivity index (χ2v) is 9.18. The van der Waals surface area contributed by atoms with Crippen molar-refractivity contribution in [1.82, 2.24) is 15.1 Å². The lowest BCUT2D eigenvalue weighted by Crippen LogP contribution is -2.55. The minimum atomic E-state index is -0.880. The van der Waals surface area contributed by atoms with Gasteiger partial charge in [-0.2, -0.15) is 0 Å². The largest absolute Gasteiger partial charge is 0.493 e. The van der Waals surface area contributed by atoms with Crippen LogP contribution in [-0.2, 0) is 29.1 Å². The zero-order chi connectivity index (χ0) is 26.1. The Bertz CT molecular complexity index is 1360. The Kier molecular flexibility index (Phi) is 6.56. The van der Waals surface area contributed by atoms with Gasteiger partial charge < -0.3 is 24.6 Å². The molecule has 37 heavy (non-hydrogen) atoms. The molecule has 5 rings (SSSR count). The number of carbonyl (C=O) groups excluding carboxylic acids is 3. The molecule has 0 aliphatic carbocycles. The van der Waals surface area contributed by atoms with E-state index < -0.39 is 12.1 Å². The molecule has 3 amide bonds. The van der Waals surface area contributed by atoms with Crippen LogP contribution in [0.4, 0.5) is 0 Å². The topological polar surface area (TPSA) is 88.2 Å². The highest BCUT2D eigenvalue weighted by atomic mass is 16.5. The molecule has 0 aromatic heterocycles. The zero-order valence-electron chi connectivity index (χ0n) is 21.1. The van der Waals surface area contributed by atoms with E-state index in [-0.39, 0.29) is 24.3 Å². The van der Waals surface area contributed by atoms with Crippen LogP contribution in [0.25, 0.3) is 0 Å². The van der Waals surface area contributed by atoms with Gasteiger partial charge >= 0.3 is 0 Å². The molecule has 2 unspecified atom stereocenters. The number of carbonyl (C=O) groups is 3. The van der Waals surface area contributed by atoms with E-state index in [1.807, 2.05) is 60.7 Å². The molecule has 0 fully saturated rings. The molecule has 2 heterocycles. The van der Waals surface area contributed by atoms with Crippen molar-refractivity contribution < 1.29 is 23.9 Å². The Morgan fingerprint density at radius 2 is 1.54 bits per heavy atom. The smallest absolute Gasteiger partial charge is 0.255 e. The molecule has 2 aliphatic rings. The summed E-state index contributed by atoms with van der Waals surface area (Å²) < 4.78 is 10.9. The molecule has 2 atom stereocenters. The number of amides is 3. The summed E-state index contributed by atoms with van der Waals surface area (Å²) in [6, 6.07) is 18.8. The van der Waals surface area contributed by atoms with Gasteiger partial charge in [-0.1, -0.05) is 48.5 Å². The summed E-state index contributed by atoms with van der Waals surface area (Å²) in [6.45, 7) is 0.519. The number of nitrogens with one attached hydrogen (secondary N) is 1. The van der Waals surface area contributed by atoms with Gasteiger partial charge in [0.25, 0.3) is 11.8 Å². The normalized spacial score (nSPS) is 17.1. The maximum Gasteiger partial charge on any atom is 0.255 e. The Hall–Kier alpha value is -4.33. The van der Waals surface area contributed by atoms with E-state index in [2.05, 4.69) is 5.32 Å². The lowest BCUT2D eigenvalue weighted by atomic mass is 9.91. The first-order chi connectivity index (χ1) is 18.0. The van der Waals surface area contributed by atoms with E-state index in [0.29, 0.717) is 35.6 Å². The van der Waals surface area contributed by atoms with E-state index in [0.717, 1.165) is 16.7 Å². The molecule has 0 radical (unpaired) electrons. The Labute approximate surface area is 215 Å². The highest BCUT2D eigenvalue weighted by Gasteiger charge is 2.43. The molecular formula is C29H29N3O5. The minimum Gasteiger partial charge on any atom is -0.493 e. The number of likely N-dealkylation sites (N-methyl/N-ethyl adjacent to an activating group) is 1. The third-order valence-electron chi connectivity index (χ3n) is 7.18. The minimum absolute atomic E-state index is 0.196. The third-order valence-corrected chi connectivity index (χ3v) is 7.18. The fraction of sp³-hybridized carbons (Fsp3) is 0.276. The number of ether oxygens (including phenoxy) is 2. The molecule has 190 valence electrons. The number of methoxy groups -OCH3 is 2. The quantitative estimate of drug-likeness (QED) is 0.563. The maximum atomic E-state index is 14.4. The average molecular weight is 500 g/mol. The van der Waals surface area contributed by atoms with Crippen LogP contribution in [0.2, 0.25) is 0 Å². The lowest BCUT2D eigenvalue weighted by molar-refractivity contribution is -0.145. The fourth-order valence-corrected chi connectivity index (χ4v) is 5.28. The van der Waals surface area contributed by atoms with Gasteiger partial charge in [-0.15, -0.1) is 0 Å².